The first kappa shape index (κ1) is 20.2. The normalized spacial score (nSPS) is 15.1. The van der Waals surface area contributed by atoms with E-state index < -0.39 is 0 Å². The Balaban J connectivity index is 1.53. The standard InChI is InChI=1S/C24H25FN2O3/c1-29-22-10-4-18(5-11-22)24(28)27(20-8-6-19(25)7-9-20)21-12-14-26(15-13-21)17-23-3-2-16-30-23/h2-11,16,21H,12-15,17H2,1H3. The fourth-order valence-electron chi connectivity index (χ4n) is 3.93. The second kappa shape index (κ2) is 9.13. The Hall–Kier alpha value is -3.12. The van der Waals surface area contributed by atoms with Crippen molar-refractivity contribution in [1.29, 1.82) is 0 Å². The molecule has 0 bridgehead atoms. The number of carbonyl (C=O) groups is 1. The van der Waals surface area contributed by atoms with Gasteiger partial charge >= 0.3 is 0 Å². The number of hydrogen-bond donors (Lipinski definition) is 0. The number of piperidine rings is 1. The van der Waals surface area contributed by atoms with E-state index in [2.05, 4.69) is 4.90 Å². The molecule has 4 rings (SSSR count). The third-order valence-corrected chi connectivity index (χ3v) is 5.54. The molecule has 30 heavy (non-hydrogen) atoms. The molecule has 1 aromatic heterocycles. The number of halogens is 1. The van der Waals surface area contributed by atoms with Crippen LogP contribution in [0.25, 0.3) is 0 Å². The molecule has 0 saturated carbocycles. The fraction of sp³-hybridized carbons (Fsp3) is 0.292. The SMILES string of the molecule is COc1ccc(C(=O)N(c2ccc(F)cc2)C2CCN(Cc3ccco3)CC2)cc1. The van der Waals surface area contributed by atoms with Crippen LogP contribution >= 0.6 is 0 Å². The molecule has 2 aromatic carbocycles. The number of carbonyl (C=O) groups excluding carboxylic acids is 1. The number of anilines is 1. The molecule has 1 fully saturated rings. The highest BCUT2D eigenvalue weighted by atomic mass is 19.1. The van der Waals surface area contributed by atoms with Crippen LogP contribution in [-0.4, -0.2) is 37.0 Å². The van der Waals surface area contributed by atoms with Crippen LogP contribution < -0.4 is 9.64 Å². The molecule has 0 unspecified atom stereocenters. The number of nitrogens with zero attached hydrogens (tertiary/aromatic N) is 2. The first-order valence-corrected chi connectivity index (χ1v) is 10.1. The lowest BCUT2D eigenvalue weighted by atomic mass is 10.0. The Morgan fingerprint density at radius 3 is 2.40 bits per heavy atom. The van der Waals surface area contributed by atoms with Crippen molar-refractivity contribution in [1.82, 2.24) is 4.90 Å². The number of ether oxygens (including phenoxy) is 1. The van der Waals surface area contributed by atoms with Gasteiger partial charge in [0.1, 0.15) is 17.3 Å². The highest BCUT2D eigenvalue weighted by Gasteiger charge is 2.30. The van der Waals surface area contributed by atoms with Crippen molar-refractivity contribution in [3.8, 4) is 5.75 Å². The summed E-state index contributed by atoms with van der Waals surface area (Å²) in [6, 6.07) is 17.1. The highest BCUT2D eigenvalue weighted by molar-refractivity contribution is 6.06. The maximum absolute atomic E-state index is 13.5. The Morgan fingerprint density at radius 1 is 1.10 bits per heavy atom. The molecule has 2 heterocycles. The average molecular weight is 408 g/mol. The summed E-state index contributed by atoms with van der Waals surface area (Å²) in [6.45, 7) is 2.49. The van der Waals surface area contributed by atoms with Gasteiger partial charge in [-0.3, -0.25) is 9.69 Å². The average Bonchev–Trinajstić information content (AvgIpc) is 3.29. The van der Waals surface area contributed by atoms with Crippen LogP contribution in [0.15, 0.2) is 71.3 Å². The fourth-order valence-corrected chi connectivity index (χ4v) is 3.93. The Kier molecular flexibility index (Phi) is 6.14. The number of hydrogen-bond acceptors (Lipinski definition) is 4. The summed E-state index contributed by atoms with van der Waals surface area (Å²) < 4.78 is 24.2. The molecule has 5 nitrogen and oxygen atoms in total. The van der Waals surface area contributed by atoms with Gasteiger partial charge in [0.25, 0.3) is 5.91 Å². The molecule has 6 heteroatoms. The topological polar surface area (TPSA) is 45.9 Å². The minimum atomic E-state index is -0.316. The zero-order valence-corrected chi connectivity index (χ0v) is 17.0. The molecular formula is C24H25FN2O3. The minimum absolute atomic E-state index is 0.0397. The second-order valence-corrected chi connectivity index (χ2v) is 7.47. The van der Waals surface area contributed by atoms with Crippen molar-refractivity contribution in [2.75, 3.05) is 25.1 Å². The Morgan fingerprint density at radius 2 is 1.80 bits per heavy atom. The van der Waals surface area contributed by atoms with Gasteiger partial charge in [0.2, 0.25) is 0 Å². The van der Waals surface area contributed by atoms with Crippen LogP contribution in [0.2, 0.25) is 0 Å². The van der Waals surface area contributed by atoms with Crippen LogP contribution in [0.4, 0.5) is 10.1 Å². The van der Waals surface area contributed by atoms with Gasteiger partial charge in [0.05, 0.1) is 19.9 Å². The Labute approximate surface area is 175 Å². The number of likely N-dealkylation sites (tertiary alicyclic amines) is 1. The molecule has 0 radical (unpaired) electrons. The molecule has 0 N–H and O–H groups in total. The van der Waals surface area contributed by atoms with Gasteiger partial charge in [-0.05, 0) is 73.5 Å². The number of amides is 1. The van der Waals surface area contributed by atoms with Gasteiger partial charge < -0.3 is 14.1 Å². The van der Waals surface area contributed by atoms with Gasteiger partial charge in [-0.15, -0.1) is 0 Å². The van der Waals surface area contributed by atoms with Crippen LogP contribution in [-0.2, 0) is 6.54 Å². The van der Waals surface area contributed by atoms with E-state index in [4.69, 9.17) is 9.15 Å². The lowest BCUT2D eigenvalue weighted by molar-refractivity contribution is 0.0956. The lowest BCUT2D eigenvalue weighted by Gasteiger charge is -2.38. The van der Waals surface area contributed by atoms with Crippen LogP contribution in [0.1, 0.15) is 29.0 Å². The van der Waals surface area contributed by atoms with Crippen molar-refractivity contribution in [2.45, 2.75) is 25.4 Å². The Bertz CT molecular complexity index is 947. The molecule has 0 spiro atoms. The summed E-state index contributed by atoms with van der Waals surface area (Å²) in [5.74, 6) is 1.24. The predicted octanol–water partition coefficient (Wildman–Crippen LogP) is 4.74. The quantitative estimate of drug-likeness (QED) is 0.591. The van der Waals surface area contributed by atoms with Crippen molar-refractivity contribution in [2.24, 2.45) is 0 Å². The van der Waals surface area contributed by atoms with E-state index in [1.807, 2.05) is 17.0 Å². The largest absolute Gasteiger partial charge is 0.497 e. The van der Waals surface area contributed by atoms with Crippen molar-refractivity contribution in [3.63, 3.8) is 0 Å². The summed E-state index contributed by atoms with van der Waals surface area (Å²) >= 11 is 0. The summed E-state index contributed by atoms with van der Waals surface area (Å²) in [4.78, 5) is 17.6. The summed E-state index contributed by atoms with van der Waals surface area (Å²) in [6.07, 6.45) is 3.35. The van der Waals surface area contributed by atoms with E-state index in [1.165, 1.54) is 12.1 Å². The van der Waals surface area contributed by atoms with Gasteiger partial charge in [0, 0.05) is 30.4 Å². The monoisotopic (exact) mass is 408 g/mol. The summed E-state index contributed by atoms with van der Waals surface area (Å²) in [5.41, 5.74) is 1.29. The minimum Gasteiger partial charge on any atom is -0.497 e. The van der Waals surface area contributed by atoms with E-state index in [1.54, 1.807) is 49.8 Å². The summed E-state index contributed by atoms with van der Waals surface area (Å²) in [7, 11) is 1.60. The molecule has 3 aromatic rings. The maximum atomic E-state index is 13.5. The van der Waals surface area contributed by atoms with E-state index >= 15 is 0 Å². The molecule has 0 aliphatic carbocycles. The smallest absolute Gasteiger partial charge is 0.258 e. The van der Waals surface area contributed by atoms with Gasteiger partial charge in [-0.2, -0.15) is 0 Å². The molecule has 1 saturated heterocycles. The third-order valence-electron chi connectivity index (χ3n) is 5.54. The van der Waals surface area contributed by atoms with Crippen molar-refractivity contribution >= 4 is 11.6 Å². The number of rotatable bonds is 6. The van der Waals surface area contributed by atoms with Gasteiger partial charge in [-0.1, -0.05) is 0 Å². The zero-order chi connectivity index (χ0) is 20.9. The molecular weight excluding hydrogens is 383 g/mol. The number of furan rings is 1. The van der Waals surface area contributed by atoms with E-state index in [0.29, 0.717) is 17.0 Å². The van der Waals surface area contributed by atoms with E-state index in [9.17, 15) is 9.18 Å². The molecule has 0 atom stereocenters. The zero-order valence-electron chi connectivity index (χ0n) is 17.0. The second-order valence-electron chi connectivity index (χ2n) is 7.47. The molecule has 1 amide bonds. The van der Waals surface area contributed by atoms with Crippen LogP contribution in [0.5, 0.6) is 5.75 Å². The first-order valence-electron chi connectivity index (χ1n) is 10.1. The van der Waals surface area contributed by atoms with Crippen LogP contribution in [0, 0.1) is 5.82 Å². The number of benzene rings is 2. The third kappa shape index (κ3) is 4.54. The summed E-state index contributed by atoms with van der Waals surface area (Å²) in [5, 5.41) is 0. The molecule has 1 aliphatic rings. The van der Waals surface area contributed by atoms with E-state index in [0.717, 1.165) is 38.2 Å². The van der Waals surface area contributed by atoms with E-state index in [-0.39, 0.29) is 17.8 Å². The maximum Gasteiger partial charge on any atom is 0.258 e. The molecule has 1 aliphatic heterocycles. The molecule has 156 valence electrons. The van der Waals surface area contributed by atoms with Crippen molar-refractivity contribution in [3.05, 3.63) is 84.1 Å². The van der Waals surface area contributed by atoms with Crippen LogP contribution in [0.3, 0.4) is 0 Å². The lowest BCUT2D eigenvalue weighted by Crippen LogP contribution is -2.47. The van der Waals surface area contributed by atoms with Crippen molar-refractivity contribution < 1.29 is 18.3 Å². The number of methoxy groups -OCH3 is 1. The van der Waals surface area contributed by atoms with Gasteiger partial charge in [-0.25, -0.2) is 4.39 Å². The highest BCUT2D eigenvalue weighted by Crippen LogP contribution is 2.27. The van der Waals surface area contributed by atoms with Gasteiger partial charge in [0.15, 0.2) is 0 Å². The first-order chi connectivity index (χ1) is 14.6. The predicted molar refractivity (Wildman–Crippen MR) is 113 cm³/mol.